The van der Waals surface area contributed by atoms with Gasteiger partial charge < -0.3 is 9.32 Å². The van der Waals surface area contributed by atoms with Crippen LogP contribution in [0.2, 0.25) is 0 Å². The second-order valence-corrected chi connectivity index (χ2v) is 7.29. The molecule has 144 valence electrons. The minimum atomic E-state index is -4.65. The zero-order valence-corrected chi connectivity index (χ0v) is 14.5. The van der Waals surface area contributed by atoms with Gasteiger partial charge in [-0.3, -0.25) is 23.8 Å². The van der Waals surface area contributed by atoms with Crippen LogP contribution in [0.1, 0.15) is 19.1 Å². The second-order valence-electron chi connectivity index (χ2n) is 6.00. The zero-order valence-electron chi connectivity index (χ0n) is 13.7. The molecule has 2 fully saturated rings. The van der Waals surface area contributed by atoms with Gasteiger partial charge in [0.1, 0.15) is 24.3 Å². The van der Waals surface area contributed by atoms with Crippen LogP contribution in [0.5, 0.6) is 0 Å². The van der Waals surface area contributed by atoms with E-state index >= 15 is 0 Å². The number of carbonyl (C=O) groups excluding carboxylic acids is 3. The Morgan fingerprint density at radius 2 is 2.19 bits per heavy atom. The summed E-state index contributed by atoms with van der Waals surface area (Å²) in [5.74, 6) is -2.87. The van der Waals surface area contributed by atoms with Crippen molar-refractivity contribution < 1.29 is 36.6 Å². The molecule has 0 saturated carbocycles. The second kappa shape index (κ2) is 8.29. The van der Waals surface area contributed by atoms with Crippen molar-refractivity contribution in [3.05, 3.63) is 24.2 Å². The van der Waals surface area contributed by atoms with Gasteiger partial charge in [0, 0.05) is 6.54 Å². The molecule has 0 bridgehead atoms. The van der Waals surface area contributed by atoms with Crippen molar-refractivity contribution in [2.45, 2.75) is 32.0 Å². The zero-order chi connectivity index (χ0) is 19.1. The molecule has 2 aliphatic rings. The normalized spacial score (nSPS) is 22.5. The van der Waals surface area contributed by atoms with Gasteiger partial charge in [-0.25, -0.2) is 9.79 Å². The summed E-state index contributed by atoms with van der Waals surface area (Å²) in [6, 6.07) is 1.52. The van der Waals surface area contributed by atoms with Gasteiger partial charge >= 0.3 is 39.9 Å². The fourth-order valence-electron chi connectivity index (χ4n) is 3.09. The summed E-state index contributed by atoms with van der Waals surface area (Å²) in [5, 5.41) is 0. The molecule has 0 spiro atoms. The Hall–Kier alpha value is -1.44. The van der Waals surface area contributed by atoms with Crippen LogP contribution in [-0.2, 0) is 36.1 Å². The monoisotopic (exact) mass is 411 g/mol. The Balaban J connectivity index is 0.00000261. The fraction of sp³-hybridized carbons (Fsp3) is 0.500. The van der Waals surface area contributed by atoms with Crippen LogP contribution in [0, 0.1) is 5.92 Å². The molecule has 0 aromatic carbocycles. The van der Waals surface area contributed by atoms with E-state index in [2.05, 4.69) is 5.48 Å². The molecule has 1 aromatic rings. The molecule has 3 heterocycles. The number of likely N-dealkylation sites (tertiary alicyclic amines) is 1. The van der Waals surface area contributed by atoms with Crippen molar-refractivity contribution >= 4 is 57.6 Å². The van der Waals surface area contributed by atoms with Crippen molar-refractivity contribution in [1.82, 2.24) is 14.7 Å². The first-order chi connectivity index (χ1) is 12.2. The summed E-state index contributed by atoms with van der Waals surface area (Å²) in [6.45, 7) is 1.44. The van der Waals surface area contributed by atoms with Crippen molar-refractivity contribution in [3.8, 4) is 0 Å². The topological polar surface area (TPSA) is 146 Å². The SMILES string of the molecule is CC(C(=O)NOCc1ccco1)C(=O)N1CC[C@@H]2[C@H]1C(=O)N2S(=O)(=O)O.[NaH]. The van der Waals surface area contributed by atoms with Crippen LogP contribution >= 0.6 is 0 Å². The number of hydrogen-bond acceptors (Lipinski definition) is 7. The predicted molar refractivity (Wildman–Crippen MR) is 90.3 cm³/mol. The summed E-state index contributed by atoms with van der Waals surface area (Å²) >= 11 is 0. The maximum atomic E-state index is 12.5. The molecule has 2 saturated heterocycles. The third-order valence-corrected chi connectivity index (χ3v) is 5.35. The van der Waals surface area contributed by atoms with Gasteiger partial charge in [-0.05, 0) is 25.5 Å². The van der Waals surface area contributed by atoms with Gasteiger partial charge in [0.05, 0.1) is 12.3 Å². The van der Waals surface area contributed by atoms with Crippen molar-refractivity contribution in [2.24, 2.45) is 5.92 Å². The molecule has 3 rings (SSSR count). The van der Waals surface area contributed by atoms with Crippen molar-refractivity contribution in [1.29, 1.82) is 0 Å². The fourth-order valence-corrected chi connectivity index (χ4v) is 3.98. The molecule has 13 heteroatoms. The number of furan rings is 1. The molecule has 1 aromatic heterocycles. The van der Waals surface area contributed by atoms with E-state index in [1.807, 2.05) is 0 Å². The number of hydroxylamine groups is 1. The van der Waals surface area contributed by atoms with Gasteiger partial charge in [0.25, 0.3) is 11.8 Å². The summed E-state index contributed by atoms with van der Waals surface area (Å²) < 4.78 is 36.8. The summed E-state index contributed by atoms with van der Waals surface area (Å²) in [4.78, 5) is 42.6. The standard InChI is InChI=1S/C14H17N3O8S.Na.H/c1-8(12(18)15-25-7-9-3-2-6-24-9)13(19)16-5-4-10-11(16)14(20)17(10)26(21,22)23;;/h2-3,6,8,10-11H,4-5,7H2,1H3,(H,15,18)(H,21,22,23);;/t8?,10-,11+;;/m1../s1. The first-order valence-corrected chi connectivity index (χ1v) is 9.16. The van der Waals surface area contributed by atoms with Gasteiger partial charge in [-0.15, -0.1) is 0 Å². The number of nitrogens with zero attached hydrogens (tertiary/aromatic N) is 2. The molecule has 3 atom stereocenters. The van der Waals surface area contributed by atoms with Crippen LogP contribution in [-0.4, -0.2) is 88.1 Å². The van der Waals surface area contributed by atoms with Gasteiger partial charge in [0.15, 0.2) is 0 Å². The average molecular weight is 411 g/mol. The van der Waals surface area contributed by atoms with Gasteiger partial charge in [-0.2, -0.15) is 8.42 Å². The molecule has 2 N–H and O–H groups in total. The number of β-lactam (4-membered cyclic amide) rings is 1. The number of amides is 3. The molecule has 1 unspecified atom stereocenters. The molecule has 3 amide bonds. The molecule has 0 aliphatic carbocycles. The van der Waals surface area contributed by atoms with Crippen LogP contribution in [0.15, 0.2) is 22.8 Å². The molecule has 11 nitrogen and oxygen atoms in total. The number of rotatable bonds is 6. The average Bonchev–Trinajstić information content (AvgIpc) is 3.19. The van der Waals surface area contributed by atoms with E-state index < -0.39 is 46.0 Å². The summed E-state index contributed by atoms with van der Waals surface area (Å²) in [7, 11) is -4.65. The Bertz CT molecular complexity index is 827. The van der Waals surface area contributed by atoms with E-state index in [1.54, 1.807) is 12.1 Å². The molecular formula is C14H18N3NaO8S. The minimum absolute atomic E-state index is 0. The Kier molecular flexibility index (Phi) is 6.71. The Labute approximate surface area is 177 Å². The van der Waals surface area contributed by atoms with Crippen LogP contribution in [0.4, 0.5) is 0 Å². The third kappa shape index (κ3) is 4.20. The predicted octanol–water partition coefficient (Wildman–Crippen LogP) is -1.57. The quantitative estimate of drug-likeness (QED) is 0.188. The van der Waals surface area contributed by atoms with Gasteiger partial charge in [-0.1, -0.05) is 0 Å². The maximum absolute atomic E-state index is 12.5. The van der Waals surface area contributed by atoms with E-state index in [-0.39, 0.29) is 49.1 Å². The van der Waals surface area contributed by atoms with E-state index in [4.69, 9.17) is 13.8 Å². The first kappa shape index (κ1) is 21.9. The van der Waals surface area contributed by atoms with E-state index in [0.29, 0.717) is 10.1 Å². The van der Waals surface area contributed by atoms with Crippen molar-refractivity contribution in [2.75, 3.05) is 6.54 Å². The summed E-state index contributed by atoms with van der Waals surface area (Å²) in [6.07, 6.45) is 1.65. The van der Waals surface area contributed by atoms with Gasteiger partial charge in [0.2, 0.25) is 5.91 Å². The summed E-state index contributed by atoms with van der Waals surface area (Å²) in [5.41, 5.74) is 2.14. The molecule has 2 aliphatic heterocycles. The van der Waals surface area contributed by atoms with E-state index in [1.165, 1.54) is 13.2 Å². The number of carbonyl (C=O) groups is 3. The Morgan fingerprint density at radius 3 is 2.78 bits per heavy atom. The molecular weight excluding hydrogens is 393 g/mol. The first-order valence-electron chi connectivity index (χ1n) is 7.77. The molecule has 27 heavy (non-hydrogen) atoms. The third-order valence-electron chi connectivity index (χ3n) is 4.40. The molecule has 0 radical (unpaired) electrons. The van der Waals surface area contributed by atoms with Crippen molar-refractivity contribution in [3.63, 3.8) is 0 Å². The van der Waals surface area contributed by atoms with Crippen LogP contribution in [0.25, 0.3) is 0 Å². The number of fused-ring (bicyclic) bond motifs is 1. The number of hydrogen-bond donors (Lipinski definition) is 2. The van der Waals surface area contributed by atoms with E-state index in [0.717, 1.165) is 4.90 Å². The Morgan fingerprint density at radius 1 is 1.48 bits per heavy atom. The number of nitrogens with one attached hydrogen (secondary N) is 1. The van der Waals surface area contributed by atoms with Crippen LogP contribution in [0.3, 0.4) is 0 Å². The van der Waals surface area contributed by atoms with Crippen LogP contribution < -0.4 is 5.48 Å². The van der Waals surface area contributed by atoms with E-state index in [9.17, 15) is 22.8 Å².